The normalized spacial score (nSPS) is 12.2. The van der Waals surface area contributed by atoms with Crippen molar-refractivity contribution in [1.82, 2.24) is 29.3 Å². The number of benzene rings is 1. The van der Waals surface area contributed by atoms with Gasteiger partial charge >= 0.3 is 0 Å². The monoisotopic (exact) mass is 436 g/mol. The van der Waals surface area contributed by atoms with Gasteiger partial charge in [0, 0.05) is 60.7 Å². The second kappa shape index (κ2) is 9.16. The van der Waals surface area contributed by atoms with E-state index in [1.54, 1.807) is 24.9 Å². The highest BCUT2D eigenvalue weighted by atomic mass is 16.1. The van der Waals surface area contributed by atoms with E-state index in [2.05, 4.69) is 32.2 Å². The molecule has 0 amide bonds. The summed E-state index contributed by atoms with van der Waals surface area (Å²) >= 11 is 0. The van der Waals surface area contributed by atoms with Gasteiger partial charge in [0.15, 0.2) is 0 Å². The summed E-state index contributed by atoms with van der Waals surface area (Å²) in [6.45, 7) is 2.66. The fraction of sp³-hybridized carbons (Fsp3) is 0.192. The summed E-state index contributed by atoms with van der Waals surface area (Å²) in [5.74, 6) is 0.238. The third-order valence-electron chi connectivity index (χ3n) is 5.75. The minimum Gasteiger partial charge on any atom is -0.337 e. The van der Waals surface area contributed by atoms with Crippen molar-refractivity contribution < 1.29 is 4.79 Å². The molecule has 0 aliphatic rings. The van der Waals surface area contributed by atoms with Crippen LogP contribution in [0.1, 0.15) is 29.3 Å². The lowest BCUT2D eigenvalue weighted by atomic mass is 9.92. The fourth-order valence-electron chi connectivity index (χ4n) is 4.15. The molecule has 33 heavy (non-hydrogen) atoms. The van der Waals surface area contributed by atoms with Gasteiger partial charge in [0.25, 0.3) is 0 Å². The van der Waals surface area contributed by atoms with Gasteiger partial charge in [-0.2, -0.15) is 5.10 Å². The van der Waals surface area contributed by atoms with E-state index in [9.17, 15) is 4.79 Å². The van der Waals surface area contributed by atoms with Crippen LogP contribution in [0.3, 0.4) is 0 Å². The van der Waals surface area contributed by atoms with E-state index in [1.165, 1.54) is 0 Å². The number of Topliss-reactive ketones (excluding diaryl/α,β-unsaturated/α-hetero) is 1. The van der Waals surface area contributed by atoms with Crippen molar-refractivity contribution in [2.24, 2.45) is 0 Å². The van der Waals surface area contributed by atoms with Crippen LogP contribution in [0, 0.1) is 6.92 Å². The van der Waals surface area contributed by atoms with Gasteiger partial charge in [-0.3, -0.25) is 14.8 Å². The Bertz CT molecular complexity index is 1370. The van der Waals surface area contributed by atoms with Crippen LogP contribution in [-0.4, -0.2) is 35.1 Å². The molecule has 0 aliphatic heterocycles. The van der Waals surface area contributed by atoms with Crippen molar-refractivity contribution in [3.05, 3.63) is 103 Å². The van der Waals surface area contributed by atoms with Crippen molar-refractivity contribution in [3.63, 3.8) is 0 Å². The van der Waals surface area contributed by atoms with Crippen LogP contribution in [-0.2, 0) is 17.8 Å². The number of ketones is 1. The predicted octanol–water partition coefficient (Wildman–Crippen LogP) is 4.31. The quantitative estimate of drug-likeness (QED) is 0.362. The average Bonchev–Trinajstić information content (AvgIpc) is 3.49. The zero-order valence-electron chi connectivity index (χ0n) is 18.4. The number of nitrogens with zero attached hydrogens (tertiary/aromatic N) is 6. The van der Waals surface area contributed by atoms with E-state index in [4.69, 9.17) is 0 Å². The number of aromatic nitrogens is 6. The number of fused-ring (bicyclic) bond motifs is 1. The summed E-state index contributed by atoms with van der Waals surface area (Å²) in [6, 6.07) is 16.0. The molecule has 0 fully saturated rings. The number of carbonyl (C=O) groups is 1. The Balaban J connectivity index is 1.33. The SMILES string of the molecule is Cc1cc(-n2ncc3cc(CC(=O)C[C@H](Cn4ccnc4)c4ccccc4)ncc32)ccn1. The molecule has 0 saturated heterocycles. The first-order valence-corrected chi connectivity index (χ1v) is 10.9. The molecule has 0 radical (unpaired) electrons. The lowest BCUT2D eigenvalue weighted by Gasteiger charge is -2.17. The summed E-state index contributed by atoms with van der Waals surface area (Å²) in [4.78, 5) is 26.0. The Morgan fingerprint density at radius 3 is 2.70 bits per heavy atom. The molecule has 5 rings (SSSR count). The van der Waals surface area contributed by atoms with Gasteiger partial charge in [-0.25, -0.2) is 9.67 Å². The Morgan fingerprint density at radius 1 is 1.03 bits per heavy atom. The van der Waals surface area contributed by atoms with E-state index < -0.39 is 0 Å². The molecule has 0 bridgehead atoms. The fourth-order valence-corrected chi connectivity index (χ4v) is 4.15. The number of rotatable bonds is 8. The third-order valence-corrected chi connectivity index (χ3v) is 5.75. The van der Waals surface area contributed by atoms with E-state index in [-0.39, 0.29) is 11.7 Å². The van der Waals surface area contributed by atoms with Crippen molar-refractivity contribution in [1.29, 1.82) is 0 Å². The van der Waals surface area contributed by atoms with Gasteiger partial charge in [0.1, 0.15) is 5.78 Å². The van der Waals surface area contributed by atoms with Crippen molar-refractivity contribution in [2.75, 3.05) is 0 Å². The summed E-state index contributed by atoms with van der Waals surface area (Å²) in [5, 5.41) is 5.47. The molecule has 164 valence electrons. The molecule has 4 aromatic heterocycles. The minimum absolute atomic E-state index is 0.0781. The van der Waals surface area contributed by atoms with Crippen LogP contribution in [0.2, 0.25) is 0 Å². The molecule has 0 spiro atoms. The van der Waals surface area contributed by atoms with Gasteiger partial charge in [-0.05, 0) is 30.7 Å². The molecule has 1 aromatic carbocycles. The van der Waals surface area contributed by atoms with Crippen LogP contribution >= 0.6 is 0 Å². The van der Waals surface area contributed by atoms with Crippen LogP contribution in [0.25, 0.3) is 16.6 Å². The lowest BCUT2D eigenvalue weighted by molar-refractivity contribution is -0.118. The summed E-state index contributed by atoms with van der Waals surface area (Å²) in [6.07, 6.45) is 11.6. The molecule has 7 heteroatoms. The van der Waals surface area contributed by atoms with E-state index >= 15 is 0 Å². The van der Waals surface area contributed by atoms with Gasteiger partial charge in [0.05, 0.1) is 29.9 Å². The summed E-state index contributed by atoms with van der Waals surface area (Å²) in [5.41, 5.74) is 4.67. The highest BCUT2D eigenvalue weighted by Crippen LogP contribution is 2.24. The lowest BCUT2D eigenvalue weighted by Crippen LogP contribution is -2.15. The number of imidazole rings is 1. The van der Waals surface area contributed by atoms with Gasteiger partial charge in [-0.15, -0.1) is 0 Å². The molecule has 5 aromatic rings. The second-order valence-corrected chi connectivity index (χ2v) is 8.23. The highest BCUT2D eigenvalue weighted by molar-refractivity contribution is 5.84. The van der Waals surface area contributed by atoms with E-state index in [1.807, 2.05) is 65.0 Å². The molecule has 0 saturated carbocycles. The molecule has 7 nitrogen and oxygen atoms in total. The van der Waals surface area contributed by atoms with Crippen molar-refractivity contribution in [3.8, 4) is 5.69 Å². The maximum atomic E-state index is 13.0. The molecule has 1 atom stereocenters. The Hall–Kier alpha value is -4.13. The molecular weight excluding hydrogens is 412 g/mol. The second-order valence-electron chi connectivity index (χ2n) is 8.23. The molecule has 4 heterocycles. The van der Waals surface area contributed by atoms with Crippen molar-refractivity contribution in [2.45, 2.75) is 32.2 Å². The van der Waals surface area contributed by atoms with Crippen LogP contribution in [0.15, 0.2) is 85.8 Å². The number of hydrogen-bond donors (Lipinski definition) is 0. The first kappa shape index (κ1) is 20.8. The number of hydrogen-bond acceptors (Lipinski definition) is 5. The molecule has 0 N–H and O–H groups in total. The molecular formula is C26H24N6O. The first-order valence-electron chi connectivity index (χ1n) is 10.9. The maximum Gasteiger partial charge on any atom is 0.139 e. The Morgan fingerprint density at radius 2 is 1.91 bits per heavy atom. The van der Waals surface area contributed by atoms with Crippen LogP contribution in [0.5, 0.6) is 0 Å². The summed E-state index contributed by atoms with van der Waals surface area (Å²) in [7, 11) is 0. The topological polar surface area (TPSA) is 78.5 Å². The zero-order chi connectivity index (χ0) is 22.6. The maximum absolute atomic E-state index is 13.0. The Kier molecular flexibility index (Phi) is 5.76. The zero-order valence-corrected chi connectivity index (χ0v) is 18.4. The smallest absolute Gasteiger partial charge is 0.139 e. The van der Waals surface area contributed by atoms with Gasteiger partial charge in [-0.1, -0.05) is 30.3 Å². The largest absolute Gasteiger partial charge is 0.337 e. The number of aryl methyl sites for hydroxylation is 1. The summed E-state index contributed by atoms with van der Waals surface area (Å²) < 4.78 is 3.86. The number of pyridine rings is 2. The third kappa shape index (κ3) is 4.72. The predicted molar refractivity (Wildman–Crippen MR) is 126 cm³/mol. The molecule has 0 aliphatic carbocycles. The van der Waals surface area contributed by atoms with Crippen molar-refractivity contribution >= 4 is 16.7 Å². The first-order chi connectivity index (χ1) is 16.2. The van der Waals surface area contributed by atoms with Crippen LogP contribution < -0.4 is 0 Å². The van der Waals surface area contributed by atoms with E-state index in [0.29, 0.717) is 19.4 Å². The standard InChI is InChI=1S/C26H24N6O/c1-19-11-24(7-8-28-19)32-26-16-29-23(12-21(26)15-30-32)14-25(33)13-22(17-31-10-9-27-18-31)20-5-3-2-4-6-20/h2-12,15-16,18,22H,13-14,17H2,1H3/t22-/m1/s1. The highest BCUT2D eigenvalue weighted by Gasteiger charge is 2.18. The average molecular weight is 437 g/mol. The Labute approximate surface area is 191 Å². The number of carbonyl (C=O) groups excluding carboxylic acids is 1. The van der Waals surface area contributed by atoms with Gasteiger partial charge in [0.2, 0.25) is 0 Å². The van der Waals surface area contributed by atoms with Crippen LogP contribution in [0.4, 0.5) is 0 Å². The minimum atomic E-state index is 0.0781. The van der Waals surface area contributed by atoms with Gasteiger partial charge < -0.3 is 4.57 Å². The van der Waals surface area contributed by atoms with E-state index in [0.717, 1.165) is 33.5 Å². The molecule has 0 unspecified atom stereocenters.